The van der Waals surface area contributed by atoms with Crippen molar-refractivity contribution in [3.63, 3.8) is 0 Å². The fraction of sp³-hybridized carbons (Fsp3) is 0.263. The zero-order chi connectivity index (χ0) is 18.5. The third-order valence-electron chi connectivity index (χ3n) is 3.93. The van der Waals surface area contributed by atoms with E-state index in [1.165, 1.54) is 12.3 Å². The third-order valence-corrected chi connectivity index (χ3v) is 3.93. The smallest absolute Gasteiger partial charge is 0.344 e. The van der Waals surface area contributed by atoms with Gasteiger partial charge in [0, 0.05) is 23.9 Å². The van der Waals surface area contributed by atoms with Crippen molar-refractivity contribution in [3.05, 3.63) is 53.2 Å². The first-order valence-electron chi connectivity index (χ1n) is 8.29. The summed E-state index contributed by atoms with van der Waals surface area (Å²) in [5.41, 5.74) is 2.22. The van der Waals surface area contributed by atoms with Crippen LogP contribution in [0.1, 0.15) is 39.6 Å². The monoisotopic (exact) mass is 354 g/mol. The second-order valence-corrected chi connectivity index (χ2v) is 5.71. The number of hydrogen-bond acceptors (Lipinski definition) is 6. The second-order valence-electron chi connectivity index (χ2n) is 5.71. The normalized spacial score (nSPS) is 12.7. The van der Waals surface area contributed by atoms with Gasteiger partial charge in [-0.05, 0) is 49.2 Å². The molecule has 134 valence electrons. The Bertz CT molecular complexity index is 863. The molecule has 2 heterocycles. The Kier molecular flexibility index (Phi) is 5.26. The summed E-state index contributed by atoms with van der Waals surface area (Å²) in [6, 6.07) is 8.15. The number of rotatable bonds is 6. The molecule has 0 unspecified atom stereocenters. The topological polar surface area (TPSA) is 94.6 Å². The van der Waals surface area contributed by atoms with Crippen molar-refractivity contribution < 1.29 is 23.9 Å². The molecule has 0 atom stereocenters. The van der Waals surface area contributed by atoms with Gasteiger partial charge in [0.2, 0.25) is 11.8 Å². The van der Waals surface area contributed by atoms with Gasteiger partial charge < -0.3 is 14.8 Å². The van der Waals surface area contributed by atoms with Crippen LogP contribution in [0, 0.1) is 0 Å². The lowest BCUT2D eigenvalue weighted by Gasteiger charge is -2.17. The minimum atomic E-state index is -0.667. The minimum Gasteiger partial charge on any atom is -0.477 e. The van der Waals surface area contributed by atoms with Crippen molar-refractivity contribution in [2.24, 2.45) is 0 Å². The zero-order valence-electron chi connectivity index (χ0n) is 14.3. The van der Waals surface area contributed by atoms with Crippen molar-refractivity contribution in [1.82, 2.24) is 4.98 Å². The van der Waals surface area contributed by atoms with Crippen LogP contribution in [0.5, 0.6) is 5.88 Å². The molecule has 0 aliphatic carbocycles. The molecule has 1 aliphatic rings. The largest absolute Gasteiger partial charge is 0.477 e. The van der Waals surface area contributed by atoms with E-state index in [0.29, 0.717) is 30.7 Å². The third kappa shape index (κ3) is 3.88. The first-order chi connectivity index (χ1) is 12.6. The molecular weight excluding hydrogens is 336 g/mol. The summed E-state index contributed by atoms with van der Waals surface area (Å²) in [5, 5.41) is 2.76. The highest BCUT2D eigenvalue weighted by atomic mass is 16.5. The van der Waals surface area contributed by atoms with Gasteiger partial charge >= 0.3 is 5.97 Å². The summed E-state index contributed by atoms with van der Waals surface area (Å²) in [4.78, 5) is 39.9. The highest BCUT2D eigenvalue weighted by Crippen LogP contribution is 2.24. The zero-order valence-corrected chi connectivity index (χ0v) is 14.3. The molecule has 7 nitrogen and oxygen atoms in total. The lowest BCUT2D eigenvalue weighted by Crippen LogP contribution is -2.20. The Hall–Kier alpha value is -3.22. The van der Waals surface area contributed by atoms with Crippen LogP contribution in [0.15, 0.2) is 36.5 Å². The van der Waals surface area contributed by atoms with Gasteiger partial charge in [0.05, 0.1) is 6.61 Å². The molecule has 1 aliphatic heterocycles. The van der Waals surface area contributed by atoms with E-state index < -0.39 is 5.97 Å². The fourth-order valence-corrected chi connectivity index (χ4v) is 2.65. The molecule has 0 bridgehead atoms. The van der Waals surface area contributed by atoms with Crippen LogP contribution in [0.25, 0.3) is 0 Å². The maximum Gasteiger partial charge on any atom is 0.344 e. The number of hydrogen-bond donors (Lipinski definition) is 1. The van der Waals surface area contributed by atoms with E-state index >= 15 is 0 Å². The summed E-state index contributed by atoms with van der Waals surface area (Å²) >= 11 is 0. The summed E-state index contributed by atoms with van der Waals surface area (Å²) in [6.45, 7) is 1.76. The van der Waals surface area contributed by atoms with Gasteiger partial charge in [-0.15, -0.1) is 0 Å². The summed E-state index contributed by atoms with van der Waals surface area (Å²) in [6.07, 6.45) is 2.48. The van der Waals surface area contributed by atoms with E-state index in [1.807, 2.05) is 0 Å². The summed E-state index contributed by atoms with van der Waals surface area (Å²) in [7, 11) is 0. The molecule has 26 heavy (non-hydrogen) atoms. The van der Waals surface area contributed by atoms with Crippen LogP contribution in [0.4, 0.5) is 5.69 Å². The average molecular weight is 354 g/mol. The standard InChI is InChI=1S/C19H18N2O5/c1-2-25-18-14(4-3-9-20-18)19(24)26-11-16(22)13-5-7-15-12(10-13)6-8-17(23)21-15/h3-5,7,9-10H,2,6,8,11H2,1H3,(H,21,23). The number of ketones is 1. The first-order valence-corrected chi connectivity index (χ1v) is 8.29. The molecule has 0 spiro atoms. The van der Waals surface area contributed by atoms with Crippen LogP contribution in [-0.2, 0) is 16.0 Å². The number of nitrogens with zero attached hydrogens (tertiary/aromatic N) is 1. The Morgan fingerprint density at radius 3 is 2.88 bits per heavy atom. The number of pyridine rings is 1. The Morgan fingerprint density at radius 2 is 2.08 bits per heavy atom. The van der Waals surface area contributed by atoms with Crippen molar-refractivity contribution in [2.75, 3.05) is 18.5 Å². The quantitative estimate of drug-likeness (QED) is 0.632. The van der Waals surface area contributed by atoms with Crippen molar-refractivity contribution in [2.45, 2.75) is 19.8 Å². The van der Waals surface area contributed by atoms with Crippen LogP contribution in [-0.4, -0.2) is 35.9 Å². The Morgan fingerprint density at radius 1 is 1.23 bits per heavy atom. The molecule has 3 rings (SSSR count). The number of carbonyl (C=O) groups excluding carboxylic acids is 3. The maximum absolute atomic E-state index is 12.3. The number of aryl methyl sites for hydroxylation is 1. The van der Waals surface area contributed by atoms with Gasteiger partial charge in [0.1, 0.15) is 5.56 Å². The number of aromatic nitrogens is 1. The Labute approximate surface area is 150 Å². The van der Waals surface area contributed by atoms with Gasteiger partial charge in [0.25, 0.3) is 0 Å². The van der Waals surface area contributed by atoms with E-state index in [0.717, 1.165) is 5.56 Å². The van der Waals surface area contributed by atoms with E-state index in [1.54, 1.807) is 31.2 Å². The van der Waals surface area contributed by atoms with E-state index in [-0.39, 0.29) is 29.7 Å². The van der Waals surface area contributed by atoms with Crippen LogP contribution in [0.3, 0.4) is 0 Å². The minimum absolute atomic E-state index is 0.0351. The lowest BCUT2D eigenvalue weighted by molar-refractivity contribution is -0.116. The van der Waals surface area contributed by atoms with Gasteiger partial charge in [-0.1, -0.05) is 0 Å². The van der Waals surface area contributed by atoms with Gasteiger partial charge in [-0.2, -0.15) is 0 Å². The molecule has 0 fully saturated rings. The molecule has 7 heteroatoms. The van der Waals surface area contributed by atoms with Gasteiger partial charge in [0.15, 0.2) is 12.4 Å². The van der Waals surface area contributed by atoms with Crippen molar-refractivity contribution in [1.29, 1.82) is 0 Å². The van der Waals surface area contributed by atoms with Crippen molar-refractivity contribution >= 4 is 23.3 Å². The molecular formula is C19H18N2O5. The maximum atomic E-state index is 12.3. The van der Waals surface area contributed by atoms with E-state index in [4.69, 9.17) is 9.47 Å². The number of Topliss-reactive ketones (excluding diaryl/α,β-unsaturated/α-hetero) is 1. The predicted octanol–water partition coefficient (Wildman–Crippen LogP) is 2.40. The van der Waals surface area contributed by atoms with E-state index in [9.17, 15) is 14.4 Å². The number of carbonyl (C=O) groups is 3. The lowest BCUT2D eigenvalue weighted by atomic mass is 9.99. The fourth-order valence-electron chi connectivity index (χ4n) is 2.65. The molecule has 1 aromatic heterocycles. The molecule has 1 amide bonds. The molecule has 2 aromatic rings. The van der Waals surface area contributed by atoms with Crippen molar-refractivity contribution in [3.8, 4) is 5.88 Å². The van der Waals surface area contributed by atoms with Crippen LogP contribution >= 0.6 is 0 Å². The number of nitrogens with one attached hydrogen (secondary N) is 1. The van der Waals surface area contributed by atoms with Gasteiger partial charge in [-0.25, -0.2) is 9.78 Å². The number of anilines is 1. The van der Waals surface area contributed by atoms with Crippen LogP contribution < -0.4 is 10.1 Å². The average Bonchev–Trinajstić information content (AvgIpc) is 2.66. The Balaban J connectivity index is 1.66. The number of amides is 1. The second kappa shape index (κ2) is 7.77. The first kappa shape index (κ1) is 17.6. The van der Waals surface area contributed by atoms with E-state index in [2.05, 4.69) is 10.3 Å². The molecule has 1 aromatic carbocycles. The number of ether oxygens (including phenoxy) is 2. The SMILES string of the molecule is CCOc1ncccc1C(=O)OCC(=O)c1ccc2c(c1)CCC(=O)N2. The van der Waals surface area contributed by atoms with Gasteiger partial charge in [-0.3, -0.25) is 9.59 Å². The molecule has 0 radical (unpaired) electrons. The van der Waals surface area contributed by atoms with Crippen LogP contribution in [0.2, 0.25) is 0 Å². The summed E-state index contributed by atoms with van der Waals surface area (Å²) in [5.74, 6) is -0.843. The number of fused-ring (bicyclic) bond motifs is 1. The highest BCUT2D eigenvalue weighted by Gasteiger charge is 2.19. The highest BCUT2D eigenvalue weighted by molar-refractivity contribution is 6.01. The molecule has 1 N–H and O–H groups in total. The number of benzene rings is 1. The molecule has 0 saturated heterocycles. The predicted molar refractivity (Wildman–Crippen MR) is 93.4 cm³/mol. The number of esters is 1. The molecule has 0 saturated carbocycles. The summed E-state index contributed by atoms with van der Waals surface area (Å²) < 4.78 is 10.4.